The van der Waals surface area contributed by atoms with Crippen LogP contribution in [0, 0.1) is 0 Å². The lowest BCUT2D eigenvalue weighted by Crippen LogP contribution is -2.08. The fourth-order valence-electron chi connectivity index (χ4n) is 1.25. The zero-order valence-electron chi connectivity index (χ0n) is 8.95. The van der Waals surface area contributed by atoms with Gasteiger partial charge in [0.15, 0.2) is 0 Å². The van der Waals surface area contributed by atoms with Crippen LogP contribution in [0.4, 0.5) is 0 Å². The molecule has 0 saturated heterocycles. The number of carbonyl (C=O) groups is 1. The number of methoxy groups -OCH3 is 1. The van der Waals surface area contributed by atoms with Gasteiger partial charge in [-0.05, 0) is 24.6 Å². The van der Waals surface area contributed by atoms with Gasteiger partial charge < -0.3 is 15.2 Å². The molecule has 0 aliphatic carbocycles. The Labute approximate surface area is 89.0 Å². The van der Waals surface area contributed by atoms with Crippen molar-refractivity contribution >= 4 is 5.97 Å². The maximum atomic E-state index is 11.5. The van der Waals surface area contributed by atoms with E-state index in [9.17, 15) is 4.79 Å². The predicted molar refractivity (Wildman–Crippen MR) is 56.8 cm³/mol. The van der Waals surface area contributed by atoms with Crippen LogP contribution in [0.1, 0.15) is 22.8 Å². The van der Waals surface area contributed by atoms with Crippen molar-refractivity contribution < 1.29 is 14.3 Å². The number of carbonyl (C=O) groups excluding carboxylic acids is 1. The van der Waals surface area contributed by atoms with E-state index in [1.807, 2.05) is 6.07 Å². The van der Waals surface area contributed by atoms with Crippen LogP contribution >= 0.6 is 0 Å². The molecule has 0 fully saturated rings. The van der Waals surface area contributed by atoms with Gasteiger partial charge in [-0.3, -0.25) is 0 Å². The van der Waals surface area contributed by atoms with E-state index in [2.05, 4.69) is 0 Å². The van der Waals surface area contributed by atoms with Crippen molar-refractivity contribution in [2.75, 3.05) is 13.7 Å². The second-order valence-electron chi connectivity index (χ2n) is 2.96. The van der Waals surface area contributed by atoms with Gasteiger partial charge in [0.25, 0.3) is 0 Å². The van der Waals surface area contributed by atoms with Crippen LogP contribution in [-0.2, 0) is 11.3 Å². The normalized spacial score (nSPS) is 9.80. The largest absolute Gasteiger partial charge is 0.496 e. The van der Waals surface area contributed by atoms with E-state index in [0.717, 1.165) is 5.56 Å². The highest BCUT2D eigenvalue weighted by Gasteiger charge is 2.13. The molecule has 82 valence electrons. The summed E-state index contributed by atoms with van der Waals surface area (Å²) in [6.45, 7) is 2.49. The molecule has 0 bridgehead atoms. The maximum Gasteiger partial charge on any atom is 0.341 e. The summed E-state index contributed by atoms with van der Waals surface area (Å²) in [5.41, 5.74) is 6.78. The highest BCUT2D eigenvalue weighted by atomic mass is 16.5. The van der Waals surface area contributed by atoms with Gasteiger partial charge in [0, 0.05) is 6.54 Å². The van der Waals surface area contributed by atoms with Crippen LogP contribution in [0.15, 0.2) is 18.2 Å². The molecule has 0 unspecified atom stereocenters. The summed E-state index contributed by atoms with van der Waals surface area (Å²) in [7, 11) is 1.51. The smallest absolute Gasteiger partial charge is 0.341 e. The molecule has 1 rings (SSSR count). The van der Waals surface area contributed by atoms with E-state index in [4.69, 9.17) is 15.2 Å². The third kappa shape index (κ3) is 2.70. The zero-order chi connectivity index (χ0) is 11.3. The molecular formula is C11H15NO3. The fraction of sp³-hybridized carbons (Fsp3) is 0.364. The topological polar surface area (TPSA) is 61.5 Å². The van der Waals surface area contributed by atoms with Crippen molar-refractivity contribution in [1.29, 1.82) is 0 Å². The highest BCUT2D eigenvalue weighted by Crippen LogP contribution is 2.20. The van der Waals surface area contributed by atoms with Crippen molar-refractivity contribution in [3.8, 4) is 5.75 Å². The molecule has 0 atom stereocenters. The summed E-state index contributed by atoms with van der Waals surface area (Å²) in [5.74, 6) is 0.121. The molecule has 0 aliphatic heterocycles. The van der Waals surface area contributed by atoms with E-state index in [1.165, 1.54) is 7.11 Å². The maximum absolute atomic E-state index is 11.5. The monoisotopic (exact) mass is 209 g/mol. The Morgan fingerprint density at radius 1 is 1.47 bits per heavy atom. The Kier molecular flexibility index (Phi) is 4.12. The van der Waals surface area contributed by atoms with Gasteiger partial charge in [-0.2, -0.15) is 0 Å². The summed E-state index contributed by atoms with van der Waals surface area (Å²) in [5, 5.41) is 0. The van der Waals surface area contributed by atoms with E-state index in [1.54, 1.807) is 19.1 Å². The molecule has 2 N–H and O–H groups in total. The summed E-state index contributed by atoms with van der Waals surface area (Å²) < 4.78 is 9.98. The van der Waals surface area contributed by atoms with Gasteiger partial charge in [0.2, 0.25) is 0 Å². The second kappa shape index (κ2) is 5.36. The number of hydrogen-bond donors (Lipinski definition) is 1. The highest BCUT2D eigenvalue weighted by molar-refractivity contribution is 5.92. The Morgan fingerprint density at radius 3 is 2.73 bits per heavy atom. The van der Waals surface area contributed by atoms with Crippen LogP contribution in [0.25, 0.3) is 0 Å². The molecule has 1 aromatic rings. The van der Waals surface area contributed by atoms with Crippen LogP contribution in [0.5, 0.6) is 5.75 Å². The predicted octanol–water partition coefficient (Wildman–Crippen LogP) is 1.33. The minimum absolute atomic E-state index is 0.342. The van der Waals surface area contributed by atoms with Crippen LogP contribution in [0.2, 0.25) is 0 Å². The average molecular weight is 209 g/mol. The third-order valence-electron chi connectivity index (χ3n) is 1.99. The minimum Gasteiger partial charge on any atom is -0.496 e. The molecule has 4 heteroatoms. The number of esters is 1. The molecule has 0 radical (unpaired) electrons. The number of ether oxygens (including phenoxy) is 2. The van der Waals surface area contributed by atoms with E-state index in [0.29, 0.717) is 24.5 Å². The van der Waals surface area contributed by atoms with Crippen molar-refractivity contribution in [2.24, 2.45) is 5.73 Å². The summed E-state index contributed by atoms with van der Waals surface area (Å²) in [6.07, 6.45) is 0. The van der Waals surface area contributed by atoms with E-state index >= 15 is 0 Å². The minimum atomic E-state index is -0.385. The third-order valence-corrected chi connectivity index (χ3v) is 1.99. The first-order valence-electron chi connectivity index (χ1n) is 4.77. The quantitative estimate of drug-likeness (QED) is 0.760. The molecule has 0 aliphatic rings. The molecule has 1 aromatic carbocycles. The summed E-state index contributed by atoms with van der Waals surface area (Å²) >= 11 is 0. The molecule has 0 heterocycles. The number of rotatable bonds is 4. The SMILES string of the molecule is CCOC(=O)c1cc(CN)ccc1OC. The van der Waals surface area contributed by atoms with Crippen molar-refractivity contribution in [3.63, 3.8) is 0 Å². The van der Waals surface area contributed by atoms with Gasteiger partial charge in [-0.15, -0.1) is 0 Å². The Bertz CT molecular complexity index is 350. The molecule has 0 amide bonds. The van der Waals surface area contributed by atoms with Crippen LogP contribution in [-0.4, -0.2) is 19.7 Å². The van der Waals surface area contributed by atoms with Gasteiger partial charge in [0.05, 0.1) is 13.7 Å². The Morgan fingerprint density at radius 2 is 2.20 bits per heavy atom. The van der Waals surface area contributed by atoms with Gasteiger partial charge in [-0.25, -0.2) is 4.79 Å². The lowest BCUT2D eigenvalue weighted by molar-refractivity contribution is 0.0522. The Hall–Kier alpha value is -1.55. The zero-order valence-corrected chi connectivity index (χ0v) is 8.95. The van der Waals surface area contributed by atoms with Crippen molar-refractivity contribution in [2.45, 2.75) is 13.5 Å². The molecule has 4 nitrogen and oxygen atoms in total. The molecule has 0 spiro atoms. The number of benzene rings is 1. The van der Waals surface area contributed by atoms with Crippen molar-refractivity contribution in [1.82, 2.24) is 0 Å². The second-order valence-corrected chi connectivity index (χ2v) is 2.96. The molecule has 15 heavy (non-hydrogen) atoms. The molecule has 0 saturated carbocycles. The lowest BCUT2D eigenvalue weighted by atomic mass is 10.1. The average Bonchev–Trinajstić information content (AvgIpc) is 2.28. The first kappa shape index (κ1) is 11.5. The van der Waals surface area contributed by atoms with Gasteiger partial charge >= 0.3 is 5.97 Å². The van der Waals surface area contributed by atoms with Crippen LogP contribution < -0.4 is 10.5 Å². The first-order chi connectivity index (χ1) is 7.22. The number of nitrogens with two attached hydrogens (primary N) is 1. The molecule has 0 aromatic heterocycles. The number of hydrogen-bond acceptors (Lipinski definition) is 4. The summed E-state index contributed by atoms with van der Waals surface area (Å²) in [6, 6.07) is 5.23. The first-order valence-corrected chi connectivity index (χ1v) is 4.77. The van der Waals surface area contributed by atoms with Crippen molar-refractivity contribution in [3.05, 3.63) is 29.3 Å². The molecular weight excluding hydrogens is 194 g/mol. The van der Waals surface area contributed by atoms with Crippen LogP contribution in [0.3, 0.4) is 0 Å². The van der Waals surface area contributed by atoms with E-state index in [-0.39, 0.29) is 5.97 Å². The standard InChI is InChI=1S/C11H15NO3/c1-3-15-11(13)9-6-8(7-12)4-5-10(9)14-2/h4-6H,3,7,12H2,1-2H3. The van der Waals surface area contributed by atoms with E-state index < -0.39 is 0 Å². The Balaban J connectivity index is 3.05. The fourth-order valence-corrected chi connectivity index (χ4v) is 1.25. The lowest BCUT2D eigenvalue weighted by Gasteiger charge is -2.08. The summed E-state index contributed by atoms with van der Waals surface area (Å²) in [4.78, 5) is 11.5. The van der Waals surface area contributed by atoms with Gasteiger partial charge in [0.1, 0.15) is 11.3 Å². The van der Waals surface area contributed by atoms with Gasteiger partial charge in [-0.1, -0.05) is 6.07 Å².